The number of hydrogen-bond donors (Lipinski definition) is 0. The maximum atomic E-state index is 3.36. The first-order valence-electron chi connectivity index (χ1n) is 2.97. The third-order valence-electron chi connectivity index (χ3n) is 0.129. The van der Waals surface area contributed by atoms with Crippen LogP contribution in [0, 0.1) is 0 Å². The molecule has 0 radical (unpaired) electrons. The average Bonchev–Trinajstić information content (AvgIpc) is 1.94. The van der Waals surface area contributed by atoms with Crippen LogP contribution in [0.15, 0.2) is 30.4 Å². The molecule has 1 heteroatoms. The van der Waals surface area contributed by atoms with Crippen molar-refractivity contribution in [2.24, 2.45) is 4.99 Å². The molecule has 0 saturated heterocycles. The summed E-state index contributed by atoms with van der Waals surface area (Å²) in [5, 5.41) is 0. The van der Waals surface area contributed by atoms with E-state index in [0.717, 1.165) is 0 Å². The highest BCUT2D eigenvalue weighted by Crippen LogP contribution is 1.50. The molecule has 0 aliphatic rings. The molecule has 0 saturated carbocycles. The van der Waals surface area contributed by atoms with E-state index in [-0.39, 0.29) is 0 Å². The Bertz CT molecular complexity index is 49.6. The van der Waals surface area contributed by atoms with Crippen LogP contribution in [-0.4, -0.2) is 6.72 Å². The van der Waals surface area contributed by atoms with Gasteiger partial charge in [0, 0.05) is 6.20 Å². The van der Waals surface area contributed by atoms with Gasteiger partial charge in [0.15, 0.2) is 0 Å². The molecule has 54 valence electrons. The summed E-state index contributed by atoms with van der Waals surface area (Å²) < 4.78 is 0. The zero-order chi connectivity index (χ0) is 8.12. The predicted molar refractivity (Wildman–Crippen MR) is 47.0 cm³/mol. The van der Waals surface area contributed by atoms with Gasteiger partial charge in [0.05, 0.1) is 0 Å². The summed E-state index contributed by atoms with van der Waals surface area (Å²) in [5.41, 5.74) is 0. The van der Waals surface area contributed by atoms with Crippen LogP contribution in [0.1, 0.15) is 20.8 Å². The van der Waals surface area contributed by atoms with Crippen LogP contribution < -0.4 is 0 Å². The second kappa shape index (κ2) is 58.5. The van der Waals surface area contributed by atoms with Gasteiger partial charge in [0.2, 0.25) is 0 Å². The number of nitrogens with zero attached hydrogens (tertiary/aromatic N) is 1. The Balaban J connectivity index is -0.0000000646. The first-order valence-corrected chi connectivity index (χ1v) is 2.97. The molecule has 0 aliphatic heterocycles. The summed E-state index contributed by atoms with van der Waals surface area (Å²) >= 11 is 0. The SMILES string of the molecule is C=CC.C=CN=C.CC. The molecule has 1 nitrogen and oxygen atoms in total. The van der Waals surface area contributed by atoms with E-state index in [1.807, 2.05) is 20.8 Å². The monoisotopic (exact) mass is 127 g/mol. The third-order valence-corrected chi connectivity index (χ3v) is 0.129. The number of hydrogen-bond acceptors (Lipinski definition) is 1. The summed E-state index contributed by atoms with van der Waals surface area (Å²) in [5.74, 6) is 0. The molecule has 9 heavy (non-hydrogen) atoms. The van der Waals surface area contributed by atoms with E-state index in [4.69, 9.17) is 0 Å². The molecular formula is C8H17N. The summed E-state index contributed by atoms with van der Waals surface area (Å²) in [4.78, 5) is 3.25. The van der Waals surface area contributed by atoms with Crippen molar-refractivity contribution in [3.05, 3.63) is 25.4 Å². The molecule has 0 heterocycles. The smallest absolute Gasteiger partial charge is 0.0188 e. The second-order valence-electron chi connectivity index (χ2n) is 0.773. The fourth-order valence-electron chi connectivity index (χ4n) is 0. The van der Waals surface area contributed by atoms with Crippen molar-refractivity contribution in [1.82, 2.24) is 0 Å². The fraction of sp³-hybridized carbons (Fsp3) is 0.375. The molecular weight excluding hydrogens is 110 g/mol. The molecule has 0 N–H and O–H groups in total. The lowest BCUT2D eigenvalue weighted by Crippen LogP contribution is -1.26. The first-order chi connectivity index (χ1) is 4.33. The van der Waals surface area contributed by atoms with Gasteiger partial charge in [-0.3, -0.25) is 4.99 Å². The molecule has 0 bridgehead atoms. The van der Waals surface area contributed by atoms with E-state index in [2.05, 4.69) is 24.9 Å². The number of aliphatic imine (C=N–C) groups is 1. The molecule has 0 spiro atoms. The van der Waals surface area contributed by atoms with E-state index in [0.29, 0.717) is 0 Å². The van der Waals surface area contributed by atoms with Crippen molar-refractivity contribution in [1.29, 1.82) is 0 Å². The van der Waals surface area contributed by atoms with Gasteiger partial charge in [0.25, 0.3) is 0 Å². The summed E-state index contributed by atoms with van der Waals surface area (Å²) in [6.45, 7) is 15.6. The van der Waals surface area contributed by atoms with E-state index < -0.39 is 0 Å². The number of rotatable bonds is 1. The van der Waals surface area contributed by atoms with Gasteiger partial charge in [0.1, 0.15) is 0 Å². The topological polar surface area (TPSA) is 12.4 Å². The molecule has 0 amide bonds. The standard InChI is InChI=1S/C3H5N.C3H6.C2H6/c1-3-4-2;1-3-2;1-2/h3H,1-2H2;3H,1H2,2H3;1-2H3. The lowest BCUT2D eigenvalue weighted by Gasteiger charge is -1.48. The van der Waals surface area contributed by atoms with Gasteiger partial charge >= 0.3 is 0 Å². The van der Waals surface area contributed by atoms with Crippen LogP contribution in [0.5, 0.6) is 0 Å². The highest BCUT2D eigenvalue weighted by atomic mass is 14.6. The Labute approximate surface area is 58.8 Å². The summed E-state index contributed by atoms with van der Waals surface area (Å²) in [7, 11) is 0. The van der Waals surface area contributed by atoms with Gasteiger partial charge in [-0.2, -0.15) is 0 Å². The minimum absolute atomic E-state index is 1.39. The fourth-order valence-corrected chi connectivity index (χ4v) is 0. The van der Waals surface area contributed by atoms with E-state index >= 15 is 0 Å². The van der Waals surface area contributed by atoms with Gasteiger partial charge in [-0.05, 0) is 13.6 Å². The van der Waals surface area contributed by atoms with Crippen LogP contribution in [0.3, 0.4) is 0 Å². The molecule has 0 unspecified atom stereocenters. The molecule has 0 aliphatic carbocycles. The van der Waals surface area contributed by atoms with E-state index in [1.54, 1.807) is 6.08 Å². The molecule has 0 aromatic heterocycles. The molecule has 0 aromatic carbocycles. The van der Waals surface area contributed by atoms with Crippen molar-refractivity contribution in [2.45, 2.75) is 20.8 Å². The molecule has 0 fully saturated rings. The average molecular weight is 127 g/mol. The van der Waals surface area contributed by atoms with Crippen molar-refractivity contribution >= 4 is 6.72 Å². The normalized spacial score (nSPS) is 4.33. The number of allylic oxidation sites excluding steroid dienone is 1. The lowest BCUT2D eigenvalue weighted by molar-refractivity contribution is 1.50. The van der Waals surface area contributed by atoms with Crippen molar-refractivity contribution in [2.75, 3.05) is 0 Å². The van der Waals surface area contributed by atoms with Gasteiger partial charge in [-0.15, -0.1) is 6.58 Å². The van der Waals surface area contributed by atoms with Crippen molar-refractivity contribution in [3.8, 4) is 0 Å². The Morgan fingerprint density at radius 3 is 1.33 bits per heavy atom. The minimum atomic E-state index is 1.39. The van der Waals surface area contributed by atoms with E-state index in [9.17, 15) is 0 Å². The Hall–Kier alpha value is -0.850. The van der Waals surface area contributed by atoms with Crippen LogP contribution in [0.25, 0.3) is 0 Å². The minimum Gasteiger partial charge on any atom is -0.273 e. The Morgan fingerprint density at radius 1 is 1.22 bits per heavy atom. The summed E-state index contributed by atoms with van der Waals surface area (Å²) in [6, 6.07) is 0. The van der Waals surface area contributed by atoms with E-state index in [1.165, 1.54) is 6.20 Å². The van der Waals surface area contributed by atoms with Crippen LogP contribution in [0.4, 0.5) is 0 Å². The van der Waals surface area contributed by atoms with Gasteiger partial charge in [-0.1, -0.05) is 26.5 Å². The highest BCUT2D eigenvalue weighted by molar-refractivity contribution is 5.24. The first kappa shape index (κ1) is 15.7. The summed E-state index contributed by atoms with van der Waals surface area (Å²) in [6.07, 6.45) is 3.14. The lowest BCUT2D eigenvalue weighted by atomic mass is 10.8. The quantitative estimate of drug-likeness (QED) is 0.379. The van der Waals surface area contributed by atoms with Crippen molar-refractivity contribution < 1.29 is 0 Å². The third kappa shape index (κ3) is 8430. The van der Waals surface area contributed by atoms with Crippen LogP contribution >= 0.6 is 0 Å². The Kier molecular flexibility index (Phi) is 102. The zero-order valence-electron chi connectivity index (χ0n) is 6.72. The largest absolute Gasteiger partial charge is 0.273 e. The zero-order valence-corrected chi connectivity index (χ0v) is 6.72. The van der Waals surface area contributed by atoms with Gasteiger partial charge < -0.3 is 0 Å². The molecule has 0 aromatic rings. The second-order valence-corrected chi connectivity index (χ2v) is 0.773. The molecule has 0 atom stereocenters. The maximum Gasteiger partial charge on any atom is 0.0188 e. The Morgan fingerprint density at radius 2 is 1.33 bits per heavy atom. The predicted octanol–water partition coefficient (Wildman–Crippen LogP) is 3.05. The molecule has 0 rings (SSSR count). The van der Waals surface area contributed by atoms with Crippen LogP contribution in [0.2, 0.25) is 0 Å². The van der Waals surface area contributed by atoms with Crippen molar-refractivity contribution in [3.63, 3.8) is 0 Å². The van der Waals surface area contributed by atoms with Crippen LogP contribution in [-0.2, 0) is 0 Å². The highest BCUT2D eigenvalue weighted by Gasteiger charge is 1.27. The maximum absolute atomic E-state index is 3.36. The van der Waals surface area contributed by atoms with Gasteiger partial charge in [-0.25, -0.2) is 0 Å².